The Hall–Kier alpha value is -5.59. The van der Waals surface area contributed by atoms with E-state index in [1.54, 1.807) is 18.2 Å². The van der Waals surface area contributed by atoms with Gasteiger partial charge in [-0.3, -0.25) is 0 Å². The second-order valence-electron chi connectivity index (χ2n) is 16.6. The lowest BCUT2D eigenvalue weighted by Crippen LogP contribution is -2.35. The first-order chi connectivity index (χ1) is 32.7. The highest BCUT2D eigenvalue weighted by Gasteiger charge is 2.40. The van der Waals surface area contributed by atoms with Gasteiger partial charge in [0.1, 0.15) is 35.5 Å². The summed E-state index contributed by atoms with van der Waals surface area (Å²) in [5, 5.41) is 0. The molecule has 0 fully saturated rings. The van der Waals surface area contributed by atoms with Crippen molar-refractivity contribution in [2.75, 3.05) is 46.8 Å². The van der Waals surface area contributed by atoms with Crippen LogP contribution in [-0.4, -0.2) is 58.8 Å². The van der Waals surface area contributed by atoms with Gasteiger partial charge in [-0.25, -0.2) is 13.6 Å². The third kappa shape index (κ3) is 14.5. The first-order valence-corrected chi connectivity index (χ1v) is 24.5. The molecule has 1 aliphatic heterocycles. The summed E-state index contributed by atoms with van der Waals surface area (Å²) in [6.45, 7) is 14.4. The number of fused-ring (bicyclic) bond motifs is 1. The third-order valence-corrected chi connectivity index (χ3v) is 11.2. The van der Waals surface area contributed by atoms with Gasteiger partial charge >= 0.3 is 5.97 Å². The molecular weight excluding hydrogens is 863 g/mol. The fourth-order valence-electron chi connectivity index (χ4n) is 7.26. The number of ether oxygens (including phenoxy) is 10. The lowest BCUT2D eigenvalue weighted by atomic mass is 9.93. The number of esters is 1. The van der Waals surface area contributed by atoms with Crippen LogP contribution in [-0.2, 0) is 17.8 Å². The summed E-state index contributed by atoms with van der Waals surface area (Å²) < 4.78 is 95.9. The summed E-state index contributed by atoms with van der Waals surface area (Å²) in [6, 6.07) is 17.0. The molecule has 13 heteroatoms. The lowest BCUT2D eigenvalue weighted by Gasteiger charge is -2.35. The zero-order valence-corrected chi connectivity index (χ0v) is 40.7. The maximum atomic E-state index is 16.9. The Morgan fingerprint density at radius 1 is 0.582 bits per heavy atom. The number of benzene rings is 4. The molecule has 4 aromatic carbocycles. The lowest BCUT2D eigenvalue weighted by molar-refractivity contribution is -0.0198. The first kappa shape index (κ1) is 52.4. The van der Waals surface area contributed by atoms with Crippen molar-refractivity contribution in [3.8, 4) is 51.7 Å². The van der Waals surface area contributed by atoms with Gasteiger partial charge in [-0.15, -0.1) is 0 Å². The predicted molar refractivity (Wildman–Crippen MR) is 255 cm³/mol. The van der Waals surface area contributed by atoms with E-state index in [1.165, 1.54) is 7.11 Å². The number of halogens is 2. The Morgan fingerprint density at radius 3 is 1.67 bits per heavy atom. The van der Waals surface area contributed by atoms with Crippen LogP contribution in [0, 0.1) is 11.6 Å². The molecule has 0 aliphatic carbocycles. The van der Waals surface area contributed by atoms with Crippen LogP contribution in [0.3, 0.4) is 0 Å². The van der Waals surface area contributed by atoms with Crippen LogP contribution >= 0.6 is 0 Å². The summed E-state index contributed by atoms with van der Waals surface area (Å²) in [4.78, 5) is 14.6. The highest BCUT2D eigenvalue weighted by atomic mass is 19.1. The van der Waals surface area contributed by atoms with Gasteiger partial charge in [0.05, 0.1) is 46.8 Å². The molecule has 0 aromatic heterocycles. The molecule has 67 heavy (non-hydrogen) atoms. The van der Waals surface area contributed by atoms with E-state index < -0.39 is 46.9 Å². The summed E-state index contributed by atoms with van der Waals surface area (Å²) in [6.07, 6.45) is 7.38. The number of carbonyl (C=O) groups is 1. The van der Waals surface area contributed by atoms with Crippen molar-refractivity contribution in [1.82, 2.24) is 0 Å². The van der Waals surface area contributed by atoms with Crippen LogP contribution in [0.2, 0.25) is 0 Å². The minimum Gasteiger partial charge on any atom is -0.493 e. The van der Waals surface area contributed by atoms with E-state index in [-0.39, 0.29) is 32.0 Å². The molecule has 0 saturated carbocycles. The van der Waals surface area contributed by atoms with Crippen molar-refractivity contribution in [3.63, 3.8) is 0 Å². The molecule has 4 aromatic rings. The van der Waals surface area contributed by atoms with Gasteiger partial charge in [-0.2, -0.15) is 0 Å². The second kappa shape index (κ2) is 27.9. The molecule has 0 unspecified atom stereocenters. The Bertz CT molecular complexity index is 2130. The van der Waals surface area contributed by atoms with Crippen LogP contribution in [0.4, 0.5) is 8.78 Å². The summed E-state index contributed by atoms with van der Waals surface area (Å²) in [7, 11) is 1.23. The smallest absolute Gasteiger partial charge is 0.344 e. The second-order valence-corrected chi connectivity index (χ2v) is 16.6. The van der Waals surface area contributed by atoms with E-state index in [9.17, 15) is 4.79 Å². The van der Waals surface area contributed by atoms with Crippen molar-refractivity contribution in [2.45, 2.75) is 144 Å². The van der Waals surface area contributed by atoms with E-state index in [0.29, 0.717) is 84.9 Å². The number of unbranched alkanes of at least 4 members (excludes halogenated alkanes) is 6. The van der Waals surface area contributed by atoms with E-state index in [4.69, 9.17) is 47.4 Å². The molecule has 0 saturated heterocycles. The van der Waals surface area contributed by atoms with Crippen LogP contribution in [0.25, 0.3) is 0 Å². The predicted octanol–water partition coefficient (Wildman–Crippen LogP) is 13.5. The first-order valence-electron chi connectivity index (χ1n) is 24.5. The molecule has 5 rings (SSSR count). The van der Waals surface area contributed by atoms with Gasteiger partial charge in [0.25, 0.3) is 0 Å². The molecule has 2 atom stereocenters. The van der Waals surface area contributed by atoms with Crippen molar-refractivity contribution in [3.05, 3.63) is 88.5 Å². The van der Waals surface area contributed by atoms with E-state index >= 15 is 8.78 Å². The molecule has 368 valence electrons. The largest absolute Gasteiger partial charge is 0.493 e. The van der Waals surface area contributed by atoms with E-state index in [1.807, 2.05) is 50.2 Å². The van der Waals surface area contributed by atoms with Crippen LogP contribution < -0.4 is 42.6 Å². The van der Waals surface area contributed by atoms with Crippen molar-refractivity contribution in [2.24, 2.45) is 0 Å². The van der Waals surface area contributed by atoms with Gasteiger partial charge in [0.2, 0.25) is 23.0 Å². The van der Waals surface area contributed by atoms with Crippen molar-refractivity contribution in [1.29, 1.82) is 0 Å². The molecule has 11 nitrogen and oxygen atoms in total. The Morgan fingerprint density at radius 2 is 1.09 bits per heavy atom. The summed E-state index contributed by atoms with van der Waals surface area (Å²) in [5.41, 5.74) is 1.06. The highest BCUT2D eigenvalue weighted by Crippen LogP contribution is 2.49. The van der Waals surface area contributed by atoms with Crippen molar-refractivity contribution < 1.29 is 60.9 Å². The van der Waals surface area contributed by atoms with Gasteiger partial charge in [0.15, 0.2) is 29.2 Å². The third-order valence-electron chi connectivity index (χ3n) is 11.2. The van der Waals surface area contributed by atoms with Crippen molar-refractivity contribution >= 4 is 5.97 Å². The molecule has 1 aliphatic rings. The van der Waals surface area contributed by atoms with Crippen LogP contribution in [0.1, 0.15) is 152 Å². The molecule has 0 amide bonds. The maximum Gasteiger partial charge on any atom is 0.344 e. The van der Waals surface area contributed by atoms with E-state index in [0.717, 1.165) is 69.8 Å². The molecule has 0 N–H and O–H groups in total. The van der Waals surface area contributed by atoms with Gasteiger partial charge in [0, 0.05) is 29.7 Å². The van der Waals surface area contributed by atoms with E-state index in [2.05, 4.69) is 27.7 Å². The zero-order valence-electron chi connectivity index (χ0n) is 40.7. The molecule has 1 heterocycles. The molecular formula is C54H72F2O11. The quantitative estimate of drug-likeness (QED) is 0.0355. The average Bonchev–Trinajstić information content (AvgIpc) is 3.33. The topological polar surface area (TPSA) is 109 Å². The molecule has 0 spiro atoms. The van der Waals surface area contributed by atoms with Gasteiger partial charge in [-0.1, -0.05) is 110 Å². The molecule has 0 radical (unpaired) electrons. The fourth-order valence-corrected chi connectivity index (χ4v) is 7.26. The van der Waals surface area contributed by atoms with Gasteiger partial charge < -0.3 is 47.4 Å². The normalized spacial score (nSPS) is 14.1. The Balaban J connectivity index is 1.69. The summed E-state index contributed by atoms with van der Waals surface area (Å²) >= 11 is 0. The Kier molecular flexibility index (Phi) is 21.8. The zero-order chi connectivity index (χ0) is 48.0. The van der Waals surface area contributed by atoms with Crippen LogP contribution in [0.5, 0.6) is 51.7 Å². The minimum absolute atomic E-state index is 0.0435. The Labute approximate surface area is 396 Å². The van der Waals surface area contributed by atoms with Crippen LogP contribution in [0.15, 0.2) is 54.6 Å². The minimum atomic E-state index is -1.29. The number of carbonyl (C=O) groups excluding carboxylic acids is 1. The number of rotatable bonds is 31. The summed E-state index contributed by atoms with van der Waals surface area (Å²) in [5.74, 6) is -2.24. The molecule has 0 bridgehead atoms. The maximum absolute atomic E-state index is 16.9. The number of hydrogen-bond acceptors (Lipinski definition) is 11. The number of hydrogen-bond donors (Lipinski definition) is 0. The average molecular weight is 935 g/mol. The SMILES string of the molecule is CCCCOc1cc(OCCCC)c2c(c1)O[C@@H](c1cc(OCCCC)c(OCCCC)c(OCc3ccccc3)c1)[C@H](OC(=O)c1c(F)c(OC)c(OCCCC)c(OCCCC)c1F)C2. The highest BCUT2D eigenvalue weighted by molar-refractivity contribution is 5.92. The fraction of sp³-hybridized carbons (Fsp3) is 0.537. The monoisotopic (exact) mass is 935 g/mol. The van der Waals surface area contributed by atoms with Gasteiger partial charge in [-0.05, 0) is 56.2 Å². The number of methoxy groups -OCH3 is 1. The standard InChI is InChI=1S/C54H72F2O11/c1-8-14-25-59-39-33-41(60-26-15-9-2)40-35-45(67-54(57)46-47(55)51(58-7)53(64-30-19-13-6)52(48(46)56)63-29-18-12-5)49(66-42(40)34-39)38-31-43(61-27-16-10-3)50(62-28-17-11-4)44(32-38)65-36-37-23-21-20-22-24-37/h20-24,31-34,45,49H,8-19,25-30,35-36H2,1-7H3/t45-,49+/m1/s1.